The van der Waals surface area contributed by atoms with Gasteiger partial charge in [0.2, 0.25) is 17.7 Å². The second-order valence-corrected chi connectivity index (χ2v) is 26.0. The summed E-state index contributed by atoms with van der Waals surface area (Å²) in [5.41, 5.74) is 2.15. The number of fused-ring (bicyclic) bond motifs is 14. The number of nitrogens with zero attached hydrogens (tertiary/aromatic N) is 8. The van der Waals surface area contributed by atoms with Gasteiger partial charge >= 0.3 is 11.9 Å². The predicted octanol–water partition coefficient (Wildman–Crippen LogP) is 6.84. The van der Waals surface area contributed by atoms with Crippen molar-refractivity contribution in [2.45, 2.75) is 70.9 Å². The fourth-order valence-corrected chi connectivity index (χ4v) is 14.9. The molecule has 86 heavy (non-hydrogen) atoms. The largest absolute Gasteiger partial charge is 0.481 e. The van der Waals surface area contributed by atoms with Gasteiger partial charge in [-0.05, 0) is 43.4 Å². The van der Waals surface area contributed by atoms with Crippen molar-refractivity contribution in [1.82, 2.24) is 61.5 Å². The standard InChI is InChI=1S/C55H53N13O12S6/c1-23(2)39-53-67-42(34(86-53)18-80-5)46(75)57-16-37(70)64-43(44(73)25-9-7-6-8-10-25)52-62-33(21-83-52)50-60-31(19-82-50)41-28(11-12-29(58-41)49-63-35(22-84-49)68(17-38(71)72)54(77)26-13-27(14-26)55(78)79)48-61-32(20-81-48)45(74)59-30(15-36(69)56-4)51-66-40(24(3)85-51)47(76)65-39/h6-12,19-23,26-27,30,39,43-44,73H,13-18H2,1-5H3,(H,56,69)(H,57,75)(H,59,74)(H,64,70)(H,65,76)(H,71,72)(H,78,79)/t26-,27-,30-,39?,43-,44-/m0/s1. The maximum absolute atomic E-state index is 14.3. The van der Waals surface area contributed by atoms with Gasteiger partial charge in [0.1, 0.15) is 88.7 Å². The summed E-state index contributed by atoms with van der Waals surface area (Å²) in [5, 5.41) is 53.7. The van der Waals surface area contributed by atoms with Crippen LogP contribution in [-0.4, -0.2) is 125 Å². The van der Waals surface area contributed by atoms with Crippen molar-refractivity contribution in [1.29, 1.82) is 0 Å². The maximum Gasteiger partial charge on any atom is 0.323 e. The normalized spacial score (nSPS) is 18.6. The average Bonchev–Trinajstić information content (AvgIpc) is 2.07. The van der Waals surface area contributed by atoms with Crippen LogP contribution in [0.4, 0.5) is 5.82 Å². The SMILES string of the molecule is CNC(=O)C[C@@H]1NC(=O)c2csc(n2)-c2ccc(-c3nc(N(CC(=O)O)C(=O)[C@H]4C[C@H](C(=O)O)C4)cs3)nc2-c2csc(n2)-c2csc(n2)[C@H]([C@@H](O)c2ccccc2)NC(=O)CNC(=O)c2nc(sc2COC)C(C(C)C)NC(=O)c2nc1sc2C. The Morgan fingerprint density at radius 3 is 2.12 bits per heavy atom. The van der Waals surface area contributed by atoms with Crippen LogP contribution in [0.25, 0.3) is 43.4 Å². The van der Waals surface area contributed by atoms with Crippen LogP contribution in [0.2, 0.25) is 0 Å². The molecule has 1 saturated carbocycles. The molecule has 1 unspecified atom stereocenters. The van der Waals surface area contributed by atoms with E-state index in [1.165, 1.54) is 36.3 Å². The van der Waals surface area contributed by atoms with E-state index in [0.717, 1.165) is 61.6 Å². The zero-order chi connectivity index (χ0) is 61.1. The molecular weight excluding hydrogens is 1230 g/mol. The third kappa shape index (κ3) is 13.3. The Bertz CT molecular complexity index is 3900. The first kappa shape index (κ1) is 60.9. The molecule has 0 radical (unpaired) electrons. The minimum Gasteiger partial charge on any atom is -0.481 e. The monoisotopic (exact) mass is 1280 g/mol. The lowest BCUT2D eigenvalue weighted by atomic mass is 9.74. The van der Waals surface area contributed by atoms with Gasteiger partial charge in [-0.3, -0.25) is 43.3 Å². The maximum atomic E-state index is 14.3. The molecule has 1 aliphatic carbocycles. The lowest BCUT2D eigenvalue weighted by Gasteiger charge is -2.34. The number of aliphatic hydroxyl groups excluding tert-OH is 1. The van der Waals surface area contributed by atoms with E-state index in [2.05, 4.69) is 41.5 Å². The highest BCUT2D eigenvalue weighted by Gasteiger charge is 2.42. The zero-order valence-corrected chi connectivity index (χ0v) is 51.1. The van der Waals surface area contributed by atoms with E-state index in [-0.39, 0.29) is 70.4 Å². The lowest BCUT2D eigenvalue weighted by Crippen LogP contribution is -2.46. The summed E-state index contributed by atoms with van der Waals surface area (Å²) in [5.74, 6) is -7.58. The quantitative estimate of drug-likeness (QED) is 0.0585. The number of aliphatic hydroxyl groups is 1. The van der Waals surface area contributed by atoms with Crippen molar-refractivity contribution >= 4 is 121 Å². The number of hydrogen-bond acceptors (Lipinski definition) is 23. The summed E-state index contributed by atoms with van der Waals surface area (Å²) in [7, 11) is 2.91. The first-order chi connectivity index (χ1) is 41.3. The summed E-state index contributed by atoms with van der Waals surface area (Å²) < 4.78 is 5.44. The third-order valence-electron chi connectivity index (χ3n) is 13.9. The molecule has 6 amide bonds. The number of carbonyl (C=O) groups excluding carboxylic acids is 6. The molecule has 1 fully saturated rings. The first-order valence-corrected chi connectivity index (χ1v) is 31.6. The molecule has 31 heteroatoms. The van der Waals surface area contributed by atoms with Crippen molar-refractivity contribution in [2.24, 2.45) is 17.8 Å². The van der Waals surface area contributed by atoms with Gasteiger partial charge in [0.15, 0.2) is 0 Å². The highest BCUT2D eigenvalue weighted by Crippen LogP contribution is 2.41. The number of carboxylic acid groups (broad SMARTS) is 2. The Balaban J connectivity index is 1.05. The number of nitrogens with one attached hydrogen (secondary N) is 5. The Hall–Kier alpha value is -8.17. The van der Waals surface area contributed by atoms with Crippen molar-refractivity contribution in [2.75, 3.05) is 32.1 Å². The molecule has 25 nitrogen and oxygen atoms in total. The summed E-state index contributed by atoms with van der Waals surface area (Å²) in [6, 6.07) is 9.12. The van der Waals surface area contributed by atoms with Gasteiger partial charge in [-0.2, -0.15) is 0 Å². The van der Waals surface area contributed by atoms with E-state index >= 15 is 0 Å². The molecule has 2 aliphatic rings. The van der Waals surface area contributed by atoms with Gasteiger partial charge in [0.05, 0.1) is 48.1 Å². The molecule has 1 aromatic carbocycles. The van der Waals surface area contributed by atoms with Gasteiger partial charge in [-0.25, -0.2) is 34.9 Å². The van der Waals surface area contributed by atoms with Crippen LogP contribution in [0.15, 0.2) is 64.0 Å². The number of rotatable bonds is 13. The zero-order valence-electron chi connectivity index (χ0n) is 46.2. The van der Waals surface area contributed by atoms with E-state index in [4.69, 9.17) is 24.7 Å². The number of pyridine rings is 1. The molecular formula is C55H53N13O12S6. The van der Waals surface area contributed by atoms with E-state index < -0.39 is 96.5 Å². The summed E-state index contributed by atoms with van der Waals surface area (Å²) in [6.07, 6.45) is -1.44. The van der Waals surface area contributed by atoms with Gasteiger partial charge in [-0.15, -0.1) is 68.0 Å². The van der Waals surface area contributed by atoms with Crippen LogP contribution in [0, 0.1) is 24.7 Å². The number of aromatic nitrogens is 7. The van der Waals surface area contributed by atoms with E-state index in [0.29, 0.717) is 58.0 Å². The Kier molecular flexibility index (Phi) is 18.6. The first-order valence-electron chi connectivity index (χ1n) is 26.5. The lowest BCUT2D eigenvalue weighted by molar-refractivity contribution is -0.148. The number of thiazole rings is 6. The minimum atomic E-state index is -1.31. The summed E-state index contributed by atoms with van der Waals surface area (Å²) >= 11 is 6.84. The second kappa shape index (κ2) is 26.2. The number of carboxylic acids is 2. The molecule has 8 aromatic rings. The van der Waals surface area contributed by atoms with Gasteiger partial charge < -0.3 is 46.6 Å². The molecule has 1 aliphatic heterocycles. The number of hydrogen-bond donors (Lipinski definition) is 8. The molecule has 8 N–H and O–H groups in total. The van der Waals surface area contributed by atoms with Gasteiger partial charge in [0.25, 0.3) is 17.7 Å². The number of ether oxygens (including phenoxy) is 1. The van der Waals surface area contributed by atoms with Crippen molar-refractivity contribution in [3.8, 4) is 43.4 Å². The van der Waals surface area contributed by atoms with Crippen molar-refractivity contribution in [3.05, 3.63) is 111 Å². The Morgan fingerprint density at radius 2 is 1.40 bits per heavy atom. The number of aliphatic carboxylic acids is 2. The molecule has 0 spiro atoms. The number of anilines is 1. The molecule has 446 valence electrons. The fraction of sp³-hybridized carbons (Fsp3) is 0.327. The van der Waals surface area contributed by atoms with E-state index in [9.17, 15) is 53.7 Å². The molecule has 0 saturated heterocycles. The molecule has 8 heterocycles. The number of carbonyl (C=O) groups is 8. The highest BCUT2D eigenvalue weighted by molar-refractivity contribution is 7.15. The van der Waals surface area contributed by atoms with Crippen LogP contribution >= 0.6 is 68.0 Å². The minimum absolute atomic E-state index is 0.0155. The van der Waals surface area contributed by atoms with E-state index in [1.807, 2.05) is 13.8 Å². The molecule has 4 atom stereocenters. The van der Waals surface area contributed by atoms with Crippen molar-refractivity contribution < 1.29 is 58.4 Å². The second-order valence-electron chi connectivity index (χ2n) is 20.2. The summed E-state index contributed by atoms with van der Waals surface area (Å²) in [4.78, 5) is 142. The molecule has 7 aromatic heterocycles. The number of aryl methyl sites for hydroxylation is 1. The van der Waals surface area contributed by atoms with Crippen LogP contribution in [0.3, 0.4) is 0 Å². The van der Waals surface area contributed by atoms with E-state index in [1.54, 1.807) is 60.1 Å². The average molecular weight is 1280 g/mol. The van der Waals surface area contributed by atoms with Crippen LogP contribution in [0.1, 0.15) is 119 Å². The Morgan fingerprint density at radius 1 is 0.698 bits per heavy atom. The highest BCUT2D eigenvalue weighted by atomic mass is 32.1. The molecule has 10 bridgehead atoms. The van der Waals surface area contributed by atoms with Gasteiger partial charge in [-0.1, -0.05) is 44.2 Å². The van der Waals surface area contributed by atoms with Gasteiger partial charge in [0, 0.05) is 52.0 Å². The smallest absolute Gasteiger partial charge is 0.323 e. The fourth-order valence-electron chi connectivity index (χ4n) is 9.35. The Labute approximate surface area is 513 Å². The number of amides is 6. The summed E-state index contributed by atoms with van der Waals surface area (Å²) in [6.45, 7) is 4.15. The van der Waals surface area contributed by atoms with Crippen LogP contribution in [0.5, 0.6) is 0 Å². The van der Waals surface area contributed by atoms with Crippen LogP contribution < -0.4 is 31.5 Å². The molecule has 10 rings (SSSR count). The predicted molar refractivity (Wildman–Crippen MR) is 321 cm³/mol. The third-order valence-corrected chi connectivity index (χ3v) is 19.6. The van der Waals surface area contributed by atoms with Crippen molar-refractivity contribution in [3.63, 3.8) is 0 Å². The number of methoxy groups -OCH3 is 1. The van der Waals surface area contributed by atoms with Crippen LogP contribution in [-0.2, 0) is 35.3 Å². The number of benzene rings is 1. The topological polar surface area (TPSA) is 360 Å².